The maximum absolute atomic E-state index is 11.5. The standard InChI is InChI=1S/C20H36O4/c1-3-5-7-14-18-24-20(22)16-13-11-9-8-10-12-15-19(21)23-17-6-4-2/h5,7H,3-4,6,8-18H2,1-2H3/b7-5-. The molecular formula is C20H36O4. The van der Waals surface area contributed by atoms with E-state index < -0.39 is 0 Å². The molecule has 0 N–H and O–H groups in total. The maximum atomic E-state index is 11.5. The number of allylic oxidation sites excluding steroid dienone is 1. The van der Waals surface area contributed by atoms with Gasteiger partial charge in [0.2, 0.25) is 0 Å². The molecule has 0 aromatic carbocycles. The molecule has 0 aliphatic carbocycles. The van der Waals surface area contributed by atoms with E-state index in [9.17, 15) is 9.59 Å². The summed E-state index contributed by atoms with van der Waals surface area (Å²) in [6.07, 6.45) is 15.1. The molecule has 0 rings (SSSR count). The Morgan fingerprint density at radius 2 is 1.25 bits per heavy atom. The minimum atomic E-state index is -0.0882. The minimum absolute atomic E-state index is 0.0695. The molecule has 0 unspecified atom stereocenters. The summed E-state index contributed by atoms with van der Waals surface area (Å²) in [6, 6.07) is 0. The first-order chi connectivity index (χ1) is 11.7. The van der Waals surface area contributed by atoms with E-state index in [1.807, 2.05) is 6.08 Å². The van der Waals surface area contributed by atoms with Gasteiger partial charge in [-0.25, -0.2) is 0 Å². The average Bonchev–Trinajstić information content (AvgIpc) is 2.57. The molecule has 0 aromatic heterocycles. The van der Waals surface area contributed by atoms with Gasteiger partial charge < -0.3 is 9.47 Å². The predicted octanol–water partition coefficient (Wildman–Crippen LogP) is 5.35. The van der Waals surface area contributed by atoms with Crippen molar-refractivity contribution in [2.75, 3.05) is 13.2 Å². The number of carbonyl (C=O) groups is 2. The van der Waals surface area contributed by atoms with Crippen LogP contribution in [0.2, 0.25) is 0 Å². The maximum Gasteiger partial charge on any atom is 0.305 e. The van der Waals surface area contributed by atoms with Crippen LogP contribution < -0.4 is 0 Å². The monoisotopic (exact) mass is 340 g/mol. The zero-order valence-electron chi connectivity index (χ0n) is 15.7. The highest BCUT2D eigenvalue weighted by molar-refractivity contribution is 5.69. The summed E-state index contributed by atoms with van der Waals surface area (Å²) in [5.74, 6) is -0.158. The largest absolute Gasteiger partial charge is 0.466 e. The Labute approximate surface area is 148 Å². The van der Waals surface area contributed by atoms with E-state index in [2.05, 4.69) is 19.9 Å². The fraction of sp³-hybridized carbons (Fsp3) is 0.800. The number of ether oxygens (including phenoxy) is 2. The number of hydrogen-bond acceptors (Lipinski definition) is 4. The van der Waals surface area contributed by atoms with Crippen molar-refractivity contribution in [1.82, 2.24) is 0 Å². The molecule has 0 saturated carbocycles. The summed E-state index contributed by atoms with van der Waals surface area (Å²) in [4.78, 5) is 22.9. The van der Waals surface area contributed by atoms with Crippen LogP contribution in [0.3, 0.4) is 0 Å². The van der Waals surface area contributed by atoms with Crippen LogP contribution in [0.1, 0.15) is 90.9 Å². The van der Waals surface area contributed by atoms with Crippen LogP contribution in [0, 0.1) is 0 Å². The minimum Gasteiger partial charge on any atom is -0.466 e. The Morgan fingerprint density at radius 3 is 1.79 bits per heavy atom. The molecule has 4 heteroatoms. The summed E-state index contributed by atoms with van der Waals surface area (Å²) in [5, 5.41) is 0. The van der Waals surface area contributed by atoms with Gasteiger partial charge in [-0.3, -0.25) is 9.59 Å². The molecule has 24 heavy (non-hydrogen) atoms. The summed E-state index contributed by atoms with van der Waals surface area (Å²) in [5.41, 5.74) is 0. The highest BCUT2D eigenvalue weighted by Gasteiger charge is 2.03. The van der Waals surface area contributed by atoms with Crippen LogP contribution >= 0.6 is 0 Å². The Bertz CT molecular complexity index is 337. The van der Waals surface area contributed by atoms with Gasteiger partial charge in [-0.15, -0.1) is 0 Å². The normalized spacial score (nSPS) is 10.9. The third kappa shape index (κ3) is 17.0. The molecule has 0 spiro atoms. The van der Waals surface area contributed by atoms with Gasteiger partial charge in [0.05, 0.1) is 13.2 Å². The fourth-order valence-electron chi connectivity index (χ4n) is 2.25. The number of rotatable bonds is 16. The third-order valence-corrected chi connectivity index (χ3v) is 3.72. The lowest BCUT2D eigenvalue weighted by atomic mass is 10.1. The third-order valence-electron chi connectivity index (χ3n) is 3.72. The van der Waals surface area contributed by atoms with Crippen molar-refractivity contribution in [3.63, 3.8) is 0 Å². The molecular weight excluding hydrogens is 304 g/mol. The van der Waals surface area contributed by atoms with Gasteiger partial charge in [0.25, 0.3) is 0 Å². The second-order valence-electron chi connectivity index (χ2n) is 6.08. The van der Waals surface area contributed by atoms with Crippen LogP contribution in [-0.4, -0.2) is 25.2 Å². The molecule has 0 bridgehead atoms. The SMILES string of the molecule is CC/C=C\CCOC(=O)CCCCCCCCC(=O)OCCCC. The molecule has 0 aliphatic rings. The van der Waals surface area contributed by atoms with Crippen molar-refractivity contribution in [3.05, 3.63) is 12.2 Å². The quantitative estimate of drug-likeness (QED) is 0.216. The molecule has 4 nitrogen and oxygen atoms in total. The van der Waals surface area contributed by atoms with Gasteiger partial charge in [-0.2, -0.15) is 0 Å². The molecule has 0 radical (unpaired) electrons. The number of carbonyl (C=O) groups excluding carboxylic acids is 2. The van der Waals surface area contributed by atoms with E-state index in [1.165, 1.54) is 0 Å². The van der Waals surface area contributed by atoms with Gasteiger partial charge >= 0.3 is 11.9 Å². The van der Waals surface area contributed by atoms with E-state index in [4.69, 9.17) is 9.47 Å². The first-order valence-electron chi connectivity index (χ1n) is 9.66. The predicted molar refractivity (Wildman–Crippen MR) is 97.8 cm³/mol. The zero-order chi connectivity index (χ0) is 17.9. The highest BCUT2D eigenvalue weighted by Crippen LogP contribution is 2.10. The lowest BCUT2D eigenvalue weighted by Gasteiger charge is -2.04. The van der Waals surface area contributed by atoms with Gasteiger partial charge in [0, 0.05) is 12.8 Å². The zero-order valence-corrected chi connectivity index (χ0v) is 15.7. The Balaban J connectivity index is 3.28. The van der Waals surface area contributed by atoms with E-state index in [-0.39, 0.29) is 11.9 Å². The number of esters is 2. The second-order valence-corrected chi connectivity index (χ2v) is 6.08. The Morgan fingerprint density at radius 1 is 0.708 bits per heavy atom. The van der Waals surface area contributed by atoms with Gasteiger partial charge in [-0.05, 0) is 32.1 Å². The first kappa shape index (κ1) is 22.7. The molecule has 0 aliphatic heterocycles. The lowest BCUT2D eigenvalue weighted by molar-refractivity contribution is -0.144. The molecule has 0 amide bonds. The topological polar surface area (TPSA) is 52.6 Å². The van der Waals surface area contributed by atoms with E-state index in [0.717, 1.165) is 64.2 Å². The molecule has 0 heterocycles. The smallest absolute Gasteiger partial charge is 0.305 e. The molecule has 0 saturated heterocycles. The fourth-order valence-corrected chi connectivity index (χ4v) is 2.25. The number of unbranched alkanes of at least 4 members (excludes halogenated alkanes) is 6. The van der Waals surface area contributed by atoms with Crippen LogP contribution in [-0.2, 0) is 19.1 Å². The van der Waals surface area contributed by atoms with Crippen molar-refractivity contribution in [3.8, 4) is 0 Å². The first-order valence-corrected chi connectivity index (χ1v) is 9.66. The van der Waals surface area contributed by atoms with Crippen LogP contribution in [0.4, 0.5) is 0 Å². The van der Waals surface area contributed by atoms with Crippen LogP contribution in [0.5, 0.6) is 0 Å². The van der Waals surface area contributed by atoms with Gasteiger partial charge in [0.1, 0.15) is 0 Å². The summed E-state index contributed by atoms with van der Waals surface area (Å²) in [6.45, 7) is 5.21. The molecule has 0 atom stereocenters. The van der Waals surface area contributed by atoms with Crippen LogP contribution in [0.25, 0.3) is 0 Å². The van der Waals surface area contributed by atoms with E-state index >= 15 is 0 Å². The molecule has 0 aromatic rings. The summed E-state index contributed by atoms with van der Waals surface area (Å²) < 4.78 is 10.3. The lowest BCUT2D eigenvalue weighted by Crippen LogP contribution is -2.05. The van der Waals surface area contributed by atoms with Crippen LogP contribution in [0.15, 0.2) is 12.2 Å². The highest BCUT2D eigenvalue weighted by atomic mass is 16.5. The van der Waals surface area contributed by atoms with Crippen molar-refractivity contribution in [2.45, 2.75) is 90.9 Å². The van der Waals surface area contributed by atoms with Crippen molar-refractivity contribution >= 4 is 11.9 Å². The van der Waals surface area contributed by atoms with Crippen molar-refractivity contribution in [2.24, 2.45) is 0 Å². The molecule has 0 fully saturated rings. The molecule has 140 valence electrons. The Kier molecular flexibility index (Phi) is 17.0. The average molecular weight is 341 g/mol. The summed E-state index contributed by atoms with van der Waals surface area (Å²) in [7, 11) is 0. The second kappa shape index (κ2) is 18.0. The summed E-state index contributed by atoms with van der Waals surface area (Å²) >= 11 is 0. The van der Waals surface area contributed by atoms with E-state index in [1.54, 1.807) is 0 Å². The van der Waals surface area contributed by atoms with Gasteiger partial charge in [0.15, 0.2) is 0 Å². The Hall–Kier alpha value is -1.32. The van der Waals surface area contributed by atoms with Crippen molar-refractivity contribution in [1.29, 1.82) is 0 Å². The van der Waals surface area contributed by atoms with Crippen molar-refractivity contribution < 1.29 is 19.1 Å². The van der Waals surface area contributed by atoms with E-state index in [0.29, 0.717) is 26.1 Å². The number of hydrogen-bond donors (Lipinski definition) is 0. The van der Waals surface area contributed by atoms with Gasteiger partial charge in [-0.1, -0.05) is 58.1 Å².